The number of hydrogen-bond donors (Lipinski definition) is 1. The lowest BCUT2D eigenvalue weighted by Gasteiger charge is -2.23. The van der Waals surface area contributed by atoms with Gasteiger partial charge in [-0.25, -0.2) is 0 Å². The molecule has 0 bridgehead atoms. The minimum absolute atomic E-state index is 0.197. The maximum absolute atomic E-state index is 5.69. The molecule has 4 heteroatoms. The summed E-state index contributed by atoms with van der Waals surface area (Å²) in [6.07, 6.45) is 6.36. The first kappa shape index (κ1) is 10.6. The Morgan fingerprint density at radius 1 is 1.67 bits per heavy atom. The van der Waals surface area contributed by atoms with Crippen molar-refractivity contribution in [3.8, 4) is 0 Å². The Labute approximate surface area is 94.2 Å². The summed E-state index contributed by atoms with van der Waals surface area (Å²) < 4.78 is 5.69. The van der Waals surface area contributed by atoms with E-state index in [4.69, 9.17) is 4.74 Å². The highest BCUT2D eigenvalue weighted by atomic mass is 32.1. The molecule has 0 aromatic carbocycles. The topological polar surface area (TPSA) is 34.1 Å². The third kappa shape index (κ3) is 2.58. The molecule has 0 spiro atoms. The second-order valence-corrected chi connectivity index (χ2v) is 4.41. The van der Waals surface area contributed by atoms with Gasteiger partial charge >= 0.3 is 0 Å². The third-order valence-corrected chi connectivity index (χ3v) is 3.23. The van der Waals surface area contributed by atoms with Crippen LogP contribution >= 0.6 is 11.3 Å². The molecule has 3 nitrogen and oxygen atoms in total. The quantitative estimate of drug-likeness (QED) is 0.853. The molecule has 0 fully saturated rings. The zero-order valence-corrected chi connectivity index (χ0v) is 9.72. The van der Waals surface area contributed by atoms with Gasteiger partial charge in [-0.3, -0.25) is 4.98 Å². The van der Waals surface area contributed by atoms with Gasteiger partial charge in [0, 0.05) is 11.1 Å². The molecular formula is C11H16N2OS. The number of thiazole rings is 1. The SMILES string of the molecule is CCNC(C1=CCCCO1)c1cncs1. The second kappa shape index (κ2) is 5.28. The van der Waals surface area contributed by atoms with Crippen LogP contribution in [0.1, 0.15) is 30.7 Å². The molecule has 1 aliphatic heterocycles. The summed E-state index contributed by atoms with van der Waals surface area (Å²) >= 11 is 1.67. The number of nitrogens with one attached hydrogen (secondary N) is 1. The Hall–Kier alpha value is -0.870. The van der Waals surface area contributed by atoms with Gasteiger partial charge in [-0.2, -0.15) is 0 Å². The summed E-state index contributed by atoms with van der Waals surface area (Å²) in [5.74, 6) is 1.06. The standard InChI is InChI=1S/C11H16N2OS/c1-2-13-11(10-7-12-8-15-10)9-5-3-4-6-14-9/h5,7-8,11,13H,2-4,6H2,1H3. The predicted molar refractivity (Wildman–Crippen MR) is 61.8 cm³/mol. The van der Waals surface area contributed by atoms with Crippen molar-refractivity contribution in [2.24, 2.45) is 0 Å². The molecule has 2 heterocycles. The van der Waals surface area contributed by atoms with Crippen LogP contribution in [0.4, 0.5) is 0 Å². The van der Waals surface area contributed by atoms with Crippen LogP contribution in [-0.4, -0.2) is 18.1 Å². The van der Waals surface area contributed by atoms with E-state index in [1.54, 1.807) is 11.3 Å². The van der Waals surface area contributed by atoms with Crippen molar-refractivity contribution in [3.63, 3.8) is 0 Å². The largest absolute Gasteiger partial charge is 0.496 e. The van der Waals surface area contributed by atoms with E-state index in [9.17, 15) is 0 Å². The van der Waals surface area contributed by atoms with E-state index >= 15 is 0 Å². The monoisotopic (exact) mass is 224 g/mol. The molecule has 0 aliphatic carbocycles. The number of hydrogen-bond acceptors (Lipinski definition) is 4. The number of nitrogens with zero attached hydrogens (tertiary/aromatic N) is 1. The van der Waals surface area contributed by atoms with Gasteiger partial charge < -0.3 is 10.1 Å². The molecule has 1 unspecified atom stereocenters. The number of likely N-dealkylation sites (N-methyl/N-ethyl adjacent to an activating group) is 1. The van der Waals surface area contributed by atoms with Crippen molar-refractivity contribution in [2.75, 3.05) is 13.2 Å². The minimum atomic E-state index is 0.197. The molecule has 0 saturated heterocycles. The van der Waals surface area contributed by atoms with Crippen molar-refractivity contribution in [3.05, 3.63) is 28.4 Å². The molecule has 1 aromatic heterocycles. The first-order chi connectivity index (χ1) is 7.42. The van der Waals surface area contributed by atoms with Crippen LogP contribution in [0.25, 0.3) is 0 Å². The molecule has 0 amide bonds. The maximum Gasteiger partial charge on any atom is 0.114 e. The van der Waals surface area contributed by atoms with Crippen LogP contribution in [0.15, 0.2) is 23.5 Å². The minimum Gasteiger partial charge on any atom is -0.496 e. The van der Waals surface area contributed by atoms with E-state index in [0.717, 1.165) is 31.8 Å². The Bertz CT molecular complexity index is 321. The average Bonchev–Trinajstić information content (AvgIpc) is 2.80. The van der Waals surface area contributed by atoms with Crippen LogP contribution < -0.4 is 5.32 Å². The van der Waals surface area contributed by atoms with E-state index in [0.29, 0.717) is 0 Å². The van der Waals surface area contributed by atoms with E-state index in [-0.39, 0.29) is 6.04 Å². The van der Waals surface area contributed by atoms with Crippen molar-refractivity contribution in [1.82, 2.24) is 10.3 Å². The lowest BCUT2D eigenvalue weighted by Crippen LogP contribution is -2.24. The molecule has 0 saturated carbocycles. The van der Waals surface area contributed by atoms with Gasteiger partial charge in [0.2, 0.25) is 0 Å². The lowest BCUT2D eigenvalue weighted by molar-refractivity contribution is 0.169. The van der Waals surface area contributed by atoms with E-state index in [1.165, 1.54) is 4.88 Å². The van der Waals surface area contributed by atoms with Crippen molar-refractivity contribution >= 4 is 11.3 Å². The molecule has 1 atom stereocenters. The third-order valence-electron chi connectivity index (χ3n) is 2.39. The van der Waals surface area contributed by atoms with Crippen LogP contribution in [0.2, 0.25) is 0 Å². The van der Waals surface area contributed by atoms with Crippen molar-refractivity contribution in [1.29, 1.82) is 0 Å². The molecular weight excluding hydrogens is 208 g/mol. The first-order valence-corrected chi connectivity index (χ1v) is 6.24. The Morgan fingerprint density at radius 3 is 3.20 bits per heavy atom. The summed E-state index contributed by atoms with van der Waals surface area (Å²) in [7, 11) is 0. The highest BCUT2D eigenvalue weighted by Crippen LogP contribution is 2.27. The highest BCUT2D eigenvalue weighted by molar-refractivity contribution is 7.09. The Balaban J connectivity index is 2.15. The van der Waals surface area contributed by atoms with Crippen LogP contribution in [0.5, 0.6) is 0 Å². The summed E-state index contributed by atoms with van der Waals surface area (Å²) in [5.41, 5.74) is 1.86. The molecule has 82 valence electrons. The Kier molecular flexibility index (Phi) is 3.75. The predicted octanol–water partition coefficient (Wildman–Crippen LogP) is 2.49. The number of allylic oxidation sites excluding steroid dienone is 1. The fourth-order valence-corrected chi connectivity index (χ4v) is 2.39. The first-order valence-electron chi connectivity index (χ1n) is 5.36. The van der Waals surface area contributed by atoms with Gasteiger partial charge in [0.05, 0.1) is 12.1 Å². The normalized spacial score (nSPS) is 18.1. The van der Waals surface area contributed by atoms with E-state index in [2.05, 4.69) is 23.3 Å². The molecule has 2 rings (SSSR count). The zero-order chi connectivity index (χ0) is 10.5. The maximum atomic E-state index is 5.69. The highest BCUT2D eigenvalue weighted by Gasteiger charge is 2.19. The molecule has 15 heavy (non-hydrogen) atoms. The lowest BCUT2D eigenvalue weighted by atomic mass is 10.1. The van der Waals surface area contributed by atoms with Gasteiger partial charge in [0.25, 0.3) is 0 Å². The zero-order valence-electron chi connectivity index (χ0n) is 8.90. The van der Waals surface area contributed by atoms with Crippen molar-refractivity contribution < 1.29 is 4.74 Å². The number of rotatable bonds is 4. The average molecular weight is 224 g/mol. The van der Waals surface area contributed by atoms with Crippen LogP contribution in [-0.2, 0) is 4.74 Å². The molecule has 1 aromatic rings. The smallest absolute Gasteiger partial charge is 0.114 e. The second-order valence-electron chi connectivity index (χ2n) is 3.49. The fourth-order valence-electron chi connectivity index (χ4n) is 1.69. The summed E-state index contributed by atoms with van der Waals surface area (Å²) in [4.78, 5) is 5.34. The van der Waals surface area contributed by atoms with Gasteiger partial charge in [-0.15, -0.1) is 11.3 Å². The molecule has 1 aliphatic rings. The van der Waals surface area contributed by atoms with Gasteiger partial charge in [-0.1, -0.05) is 6.92 Å². The summed E-state index contributed by atoms with van der Waals surface area (Å²) in [6.45, 7) is 3.88. The van der Waals surface area contributed by atoms with Crippen LogP contribution in [0.3, 0.4) is 0 Å². The summed E-state index contributed by atoms with van der Waals surface area (Å²) in [6, 6.07) is 0.197. The number of ether oxygens (including phenoxy) is 1. The van der Waals surface area contributed by atoms with E-state index < -0.39 is 0 Å². The van der Waals surface area contributed by atoms with Crippen molar-refractivity contribution in [2.45, 2.75) is 25.8 Å². The van der Waals surface area contributed by atoms with Gasteiger partial charge in [-0.05, 0) is 25.5 Å². The molecule has 0 radical (unpaired) electrons. The Morgan fingerprint density at radius 2 is 2.60 bits per heavy atom. The summed E-state index contributed by atoms with van der Waals surface area (Å²) in [5, 5.41) is 3.43. The number of aromatic nitrogens is 1. The fraction of sp³-hybridized carbons (Fsp3) is 0.545. The van der Waals surface area contributed by atoms with Gasteiger partial charge in [0.15, 0.2) is 0 Å². The van der Waals surface area contributed by atoms with E-state index in [1.807, 2.05) is 11.7 Å². The van der Waals surface area contributed by atoms with Crippen LogP contribution in [0, 0.1) is 0 Å². The van der Waals surface area contributed by atoms with Gasteiger partial charge in [0.1, 0.15) is 11.8 Å². The molecule has 1 N–H and O–H groups in total.